The second kappa shape index (κ2) is 3.49. The molecule has 1 aromatic carbocycles. The Balaban J connectivity index is 2.59. The first-order valence-corrected chi connectivity index (χ1v) is 5.22. The van der Waals surface area contributed by atoms with Crippen molar-refractivity contribution in [3.63, 3.8) is 0 Å². The van der Waals surface area contributed by atoms with Gasteiger partial charge in [0.05, 0.1) is 6.26 Å². The topological polar surface area (TPSA) is 13.1 Å². The molecule has 0 saturated carbocycles. The van der Waals surface area contributed by atoms with Crippen LogP contribution in [0.1, 0.15) is 37.8 Å². The van der Waals surface area contributed by atoms with Crippen LogP contribution in [0, 0.1) is 0 Å². The summed E-state index contributed by atoms with van der Waals surface area (Å²) < 4.78 is 5.55. The minimum absolute atomic E-state index is 0.531. The first-order valence-electron chi connectivity index (χ1n) is 5.22. The first kappa shape index (κ1) is 9.32. The molecular weight excluding hydrogens is 172 g/mol. The van der Waals surface area contributed by atoms with Gasteiger partial charge in [-0.1, -0.05) is 32.9 Å². The maximum absolute atomic E-state index is 5.55. The Morgan fingerprint density at radius 1 is 1.29 bits per heavy atom. The van der Waals surface area contributed by atoms with Gasteiger partial charge in [-0.2, -0.15) is 0 Å². The van der Waals surface area contributed by atoms with Crippen LogP contribution >= 0.6 is 0 Å². The highest BCUT2D eigenvalue weighted by atomic mass is 16.3. The van der Waals surface area contributed by atoms with Gasteiger partial charge in [-0.15, -0.1) is 0 Å². The minimum Gasteiger partial charge on any atom is -0.464 e. The third-order valence-corrected chi connectivity index (χ3v) is 2.70. The molecule has 14 heavy (non-hydrogen) atoms. The Morgan fingerprint density at radius 3 is 2.71 bits per heavy atom. The number of fused-ring (bicyclic) bond motifs is 1. The van der Waals surface area contributed by atoms with Crippen LogP contribution < -0.4 is 0 Å². The molecule has 0 amide bonds. The molecular formula is C13H16O. The lowest BCUT2D eigenvalue weighted by atomic mass is 10.0. The van der Waals surface area contributed by atoms with Crippen molar-refractivity contribution < 1.29 is 4.42 Å². The molecule has 2 aromatic rings. The van der Waals surface area contributed by atoms with E-state index in [1.54, 1.807) is 0 Å². The maximum Gasteiger partial charge on any atom is 0.134 e. The summed E-state index contributed by atoms with van der Waals surface area (Å²) in [5.74, 6) is 0.531. The van der Waals surface area contributed by atoms with Crippen molar-refractivity contribution in [3.8, 4) is 0 Å². The minimum atomic E-state index is 0.531. The van der Waals surface area contributed by atoms with Crippen molar-refractivity contribution in [1.82, 2.24) is 0 Å². The summed E-state index contributed by atoms with van der Waals surface area (Å²) in [5, 5.41) is 1.26. The zero-order valence-electron chi connectivity index (χ0n) is 9.00. The largest absolute Gasteiger partial charge is 0.464 e. The second-order valence-corrected chi connectivity index (χ2v) is 4.03. The van der Waals surface area contributed by atoms with Crippen LogP contribution in [0.4, 0.5) is 0 Å². The fourth-order valence-corrected chi connectivity index (χ4v) is 1.76. The predicted molar refractivity (Wildman–Crippen MR) is 59.7 cm³/mol. The number of rotatable bonds is 2. The van der Waals surface area contributed by atoms with Gasteiger partial charge >= 0.3 is 0 Å². The summed E-state index contributed by atoms with van der Waals surface area (Å²) in [6.45, 7) is 6.55. The van der Waals surface area contributed by atoms with Crippen molar-refractivity contribution in [1.29, 1.82) is 0 Å². The van der Waals surface area contributed by atoms with Gasteiger partial charge in [-0.05, 0) is 24.0 Å². The van der Waals surface area contributed by atoms with Crippen molar-refractivity contribution in [3.05, 3.63) is 35.6 Å². The van der Waals surface area contributed by atoms with Crippen LogP contribution in [0.3, 0.4) is 0 Å². The van der Waals surface area contributed by atoms with Crippen molar-refractivity contribution >= 4 is 11.0 Å². The molecule has 0 saturated heterocycles. The summed E-state index contributed by atoms with van der Waals surface area (Å²) >= 11 is 0. The van der Waals surface area contributed by atoms with E-state index in [4.69, 9.17) is 4.42 Å². The lowest BCUT2D eigenvalue weighted by Gasteiger charge is -2.01. The van der Waals surface area contributed by atoms with Crippen LogP contribution in [0.25, 0.3) is 11.0 Å². The van der Waals surface area contributed by atoms with Gasteiger partial charge in [-0.25, -0.2) is 0 Å². The van der Waals surface area contributed by atoms with Gasteiger partial charge in [0.15, 0.2) is 0 Å². The molecule has 0 fully saturated rings. The molecule has 1 nitrogen and oxygen atoms in total. The average molecular weight is 188 g/mol. The molecule has 0 aliphatic carbocycles. The lowest BCUT2D eigenvalue weighted by molar-refractivity contribution is 0.606. The van der Waals surface area contributed by atoms with E-state index in [1.165, 1.54) is 16.5 Å². The predicted octanol–water partition coefficient (Wildman–Crippen LogP) is 4.12. The monoisotopic (exact) mass is 188 g/mol. The van der Waals surface area contributed by atoms with Gasteiger partial charge in [-0.3, -0.25) is 0 Å². The molecule has 0 aliphatic heterocycles. The fraction of sp³-hybridized carbons (Fsp3) is 0.385. The number of hydrogen-bond donors (Lipinski definition) is 0. The Hall–Kier alpha value is -1.24. The van der Waals surface area contributed by atoms with Gasteiger partial charge in [0, 0.05) is 10.9 Å². The highest BCUT2D eigenvalue weighted by Gasteiger charge is 2.08. The van der Waals surface area contributed by atoms with Crippen molar-refractivity contribution in [2.75, 3.05) is 0 Å². The number of aryl methyl sites for hydroxylation is 1. The molecule has 1 heteroatoms. The van der Waals surface area contributed by atoms with E-state index in [0.29, 0.717) is 5.92 Å². The molecule has 0 aliphatic rings. The zero-order valence-corrected chi connectivity index (χ0v) is 9.00. The van der Waals surface area contributed by atoms with E-state index in [0.717, 1.165) is 12.0 Å². The Labute approximate surface area is 84.7 Å². The number of furan rings is 1. The van der Waals surface area contributed by atoms with Crippen LogP contribution in [0.5, 0.6) is 0 Å². The van der Waals surface area contributed by atoms with E-state index >= 15 is 0 Å². The summed E-state index contributed by atoms with van der Waals surface area (Å²) in [6.07, 6.45) is 2.95. The second-order valence-electron chi connectivity index (χ2n) is 4.03. The van der Waals surface area contributed by atoms with E-state index in [-0.39, 0.29) is 0 Å². The third-order valence-electron chi connectivity index (χ3n) is 2.70. The number of benzene rings is 1. The molecule has 2 rings (SSSR count). The van der Waals surface area contributed by atoms with Crippen LogP contribution in [0.2, 0.25) is 0 Å². The average Bonchev–Trinajstić information content (AvgIpc) is 2.59. The summed E-state index contributed by atoms with van der Waals surface area (Å²) in [7, 11) is 0. The highest BCUT2D eigenvalue weighted by Crippen LogP contribution is 2.27. The molecule has 0 N–H and O–H groups in total. The zero-order chi connectivity index (χ0) is 10.1. The summed E-state index contributed by atoms with van der Waals surface area (Å²) in [5.41, 5.74) is 3.66. The molecule has 1 aromatic heterocycles. The van der Waals surface area contributed by atoms with E-state index in [1.807, 2.05) is 6.26 Å². The maximum atomic E-state index is 5.55. The van der Waals surface area contributed by atoms with Gasteiger partial charge in [0.25, 0.3) is 0 Å². The highest BCUT2D eigenvalue weighted by molar-refractivity contribution is 5.82. The van der Waals surface area contributed by atoms with Crippen LogP contribution in [-0.2, 0) is 6.42 Å². The van der Waals surface area contributed by atoms with Gasteiger partial charge < -0.3 is 4.42 Å². The smallest absolute Gasteiger partial charge is 0.134 e. The molecule has 1 heterocycles. The van der Waals surface area contributed by atoms with Crippen LogP contribution in [-0.4, -0.2) is 0 Å². The molecule has 0 spiro atoms. The molecule has 0 unspecified atom stereocenters. The van der Waals surface area contributed by atoms with E-state index < -0.39 is 0 Å². The third kappa shape index (κ3) is 1.43. The van der Waals surface area contributed by atoms with E-state index in [9.17, 15) is 0 Å². The number of hydrogen-bond acceptors (Lipinski definition) is 1. The first-order chi connectivity index (χ1) is 6.72. The Kier molecular flexibility index (Phi) is 2.32. The van der Waals surface area contributed by atoms with Crippen molar-refractivity contribution in [2.45, 2.75) is 33.1 Å². The van der Waals surface area contributed by atoms with Crippen LogP contribution in [0.15, 0.2) is 28.9 Å². The molecule has 0 radical (unpaired) electrons. The van der Waals surface area contributed by atoms with Crippen molar-refractivity contribution in [2.24, 2.45) is 0 Å². The van der Waals surface area contributed by atoms with Gasteiger partial charge in [0.1, 0.15) is 5.58 Å². The standard InChI is InChI=1S/C13H16O/c1-4-10-5-6-11-12(9(2)3)8-14-13(11)7-10/h5-9H,4H2,1-3H3. The van der Waals surface area contributed by atoms with E-state index in [2.05, 4.69) is 39.0 Å². The Bertz CT molecular complexity index is 437. The lowest BCUT2D eigenvalue weighted by Crippen LogP contribution is -1.84. The normalized spacial score (nSPS) is 11.4. The fourth-order valence-electron chi connectivity index (χ4n) is 1.76. The molecule has 74 valence electrons. The molecule has 0 atom stereocenters. The summed E-state index contributed by atoms with van der Waals surface area (Å²) in [6, 6.07) is 6.50. The summed E-state index contributed by atoms with van der Waals surface area (Å²) in [4.78, 5) is 0. The molecule has 0 bridgehead atoms. The quantitative estimate of drug-likeness (QED) is 0.691. The van der Waals surface area contributed by atoms with Gasteiger partial charge in [0.2, 0.25) is 0 Å². The Morgan fingerprint density at radius 2 is 2.07 bits per heavy atom. The SMILES string of the molecule is CCc1ccc2c(C(C)C)coc2c1.